The minimum atomic E-state index is 0.739. The number of hydrogen-bond acceptors (Lipinski definition) is 5. The molecule has 0 spiro atoms. The molecule has 0 aliphatic carbocycles. The number of ether oxygens (including phenoxy) is 1. The Bertz CT molecular complexity index is 765. The van der Waals surface area contributed by atoms with Gasteiger partial charge in [-0.2, -0.15) is 0 Å². The average molecular weight is 299 g/mol. The van der Waals surface area contributed by atoms with Gasteiger partial charge in [-0.05, 0) is 44.2 Å². The van der Waals surface area contributed by atoms with Crippen LogP contribution < -0.4 is 10.1 Å². The van der Waals surface area contributed by atoms with Crippen LogP contribution in [0.3, 0.4) is 0 Å². The van der Waals surface area contributed by atoms with Gasteiger partial charge in [-0.1, -0.05) is 0 Å². The molecule has 0 saturated carbocycles. The number of nitrogens with zero attached hydrogens (tertiary/aromatic N) is 2. The largest absolute Gasteiger partial charge is 0.497 e. The zero-order valence-corrected chi connectivity index (χ0v) is 13.1. The SMILES string of the molecule is CCNc1nc(-c2ccc(OC)cc2)nc2sc(C)cc12. The third-order valence-electron chi connectivity index (χ3n) is 3.21. The molecule has 5 heteroatoms. The maximum absolute atomic E-state index is 5.19. The van der Waals surface area contributed by atoms with E-state index < -0.39 is 0 Å². The molecule has 1 aromatic carbocycles. The van der Waals surface area contributed by atoms with E-state index in [0.717, 1.165) is 39.7 Å². The van der Waals surface area contributed by atoms with Crippen LogP contribution in [0.25, 0.3) is 21.6 Å². The molecule has 0 radical (unpaired) electrons. The molecule has 0 bridgehead atoms. The van der Waals surface area contributed by atoms with Crippen molar-refractivity contribution in [3.05, 3.63) is 35.2 Å². The Hall–Kier alpha value is -2.14. The van der Waals surface area contributed by atoms with Crippen LogP contribution in [0.1, 0.15) is 11.8 Å². The maximum atomic E-state index is 5.19. The van der Waals surface area contributed by atoms with Gasteiger partial charge in [0.15, 0.2) is 5.82 Å². The Kier molecular flexibility index (Phi) is 3.75. The molecule has 1 N–H and O–H groups in total. The zero-order valence-electron chi connectivity index (χ0n) is 12.3. The highest BCUT2D eigenvalue weighted by Gasteiger charge is 2.11. The van der Waals surface area contributed by atoms with Gasteiger partial charge in [-0.25, -0.2) is 9.97 Å². The zero-order chi connectivity index (χ0) is 14.8. The highest BCUT2D eigenvalue weighted by molar-refractivity contribution is 7.18. The number of aromatic nitrogens is 2. The molecule has 0 aliphatic heterocycles. The van der Waals surface area contributed by atoms with Gasteiger partial charge in [-0.15, -0.1) is 11.3 Å². The third-order valence-corrected chi connectivity index (χ3v) is 4.15. The molecule has 2 heterocycles. The van der Waals surface area contributed by atoms with Crippen LogP contribution in [0, 0.1) is 6.92 Å². The van der Waals surface area contributed by atoms with Crippen molar-refractivity contribution in [1.82, 2.24) is 9.97 Å². The number of thiophene rings is 1. The van der Waals surface area contributed by atoms with E-state index in [-0.39, 0.29) is 0 Å². The standard InChI is InChI=1S/C16H17N3OS/c1-4-17-15-13-9-10(2)21-16(13)19-14(18-15)11-5-7-12(20-3)8-6-11/h5-9H,4H2,1-3H3,(H,17,18,19). The second-order valence-corrected chi connectivity index (χ2v) is 5.97. The summed E-state index contributed by atoms with van der Waals surface area (Å²) in [6, 6.07) is 9.95. The molecule has 4 nitrogen and oxygen atoms in total. The van der Waals surface area contributed by atoms with Crippen molar-refractivity contribution in [3.63, 3.8) is 0 Å². The lowest BCUT2D eigenvalue weighted by Crippen LogP contribution is -2.01. The first-order chi connectivity index (χ1) is 10.2. The molecule has 0 unspecified atom stereocenters. The number of anilines is 1. The summed E-state index contributed by atoms with van der Waals surface area (Å²) in [5.41, 5.74) is 0.989. The summed E-state index contributed by atoms with van der Waals surface area (Å²) in [7, 11) is 1.66. The molecule has 108 valence electrons. The van der Waals surface area contributed by atoms with Gasteiger partial charge < -0.3 is 10.1 Å². The van der Waals surface area contributed by atoms with Crippen molar-refractivity contribution >= 4 is 27.4 Å². The Morgan fingerprint density at radius 1 is 1.19 bits per heavy atom. The minimum Gasteiger partial charge on any atom is -0.497 e. The van der Waals surface area contributed by atoms with Crippen LogP contribution >= 0.6 is 11.3 Å². The molecule has 3 rings (SSSR count). The first kappa shape index (κ1) is 13.8. The summed E-state index contributed by atoms with van der Waals surface area (Å²) in [5, 5.41) is 4.42. The normalized spacial score (nSPS) is 10.8. The molecule has 0 atom stereocenters. The fourth-order valence-corrected chi connectivity index (χ4v) is 3.09. The van der Waals surface area contributed by atoms with Gasteiger partial charge in [0.25, 0.3) is 0 Å². The number of benzene rings is 1. The first-order valence-corrected chi connectivity index (χ1v) is 7.69. The number of aryl methyl sites for hydroxylation is 1. The van der Waals surface area contributed by atoms with E-state index in [1.807, 2.05) is 24.3 Å². The third kappa shape index (κ3) is 2.69. The summed E-state index contributed by atoms with van der Waals surface area (Å²) >= 11 is 1.69. The molecular weight excluding hydrogens is 282 g/mol. The fraction of sp³-hybridized carbons (Fsp3) is 0.250. The molecule has 3 aromatic rings. The lowest BCUT2D eigenvalue weighted by Gasteiger charge is -2.07. The minimum absolute atomic E-state index is 0.739. The smallest absolute Gasteiger partial charge is 0.163 e. The van der Waals surface area contributed by atoms with E-state index in [1.165, 1.54) is 4.88 Å². The van der Waals surface area contributed by atoms with Crippen LogP contribution in [0.4, 0.5) is 5.82 Å². The molecule has 21 heavy (non-hydrogen) atoms. The topological polar surface area (TPSA) is 47.0 Å². The van der Waals surface area contributed by atoms with E-state index in [0.29, 0.717) is 0 Å². The summed E-state index contributed by atoms with van der Waals surface area (Å²) in [6.45, 7) is 5.00. The fourth-order valence-electron chi connectivity index (χ4n) is 2.21. The maximum Gasteiger partial charge on any atom is 0.163 e. The van der Waals surface area contributed by atoms with Crippen LogP contribution in [0.5, 0.6) is 5.75 Å². The summed E-state index contributed by atoms with van der Waals surface area (Å²) in [4.78, 5) is 11.6. The predicted molar refractivity (Wildman–Crippen MR) is 88.3 cm³/mol. The summed E-state index contributed by atoms with van der Waals surface area (Å²) in [6.07, 6.45) is 0. The highest BCUT2D eigenvalue weighted by Crippen LogP contribution is 2.31. The second-order valence-electron chi connectivity index (χ2n) is 4.73. The number of fused-ring (bicyclic) bond motifs is 1. The Labute approximate surface area is 127 Å². The van der Waals surface area contributed by atoms with Crippen molar-refractivity contribution in [2.75, 3.05) is 19.0 Å². The van der Waals surface area contributed by atoms with Crippen LogP contribution in [-0.4, -0.2) is 23.6 Å². The Balaban J connectivity index is 2.12. The molecule has 0 amide bonds. The van der Waals surface area contributed by atoms with Crippen molar-refractivity contribution in [1.29, 1.82) is 0 Å². The van der Waals surface area contributed by atoms with Gasteiger partial charge in [0.05, 0.1) is 12.5 Å². The number of methoxy groups -OCH3 is 1. The molecule has 0 aliphatic rings. The van der Waals surface area contributed by atoms with E-state index in [4.69, 9.17) is 9.72 Å². The van der Waals surface area contributed by atoms with E-state index in [1.54, 1.807) is 18.4 Å². The van der Waals surface area contributed by atoms with E-state index in [9.17, 15) is 0 Å². The van der Waals surface area contributed by atoms with E-state index >= 15 is 0 Å². The van der Waals surface area contributed by atoms with Crippen LogP contribution in [0.15, 0.2) is 30.3 Å². The van der Waals surface area contributed by atoms with Crippen LogP contribution in [0.2, 0.25) is 0 Å². The quantitative estimate of drug-likeness (QED) is 0.787. The van der Waals surface area contributed by atoms with Crippen LogP contribution in [-0.2, 0) is 0 Å². The van der Waals surface area contributed by atoms with Crippen molar-refractivity contribution in [2.24, 2.45) is 0 Å². The lowest BCUT2D eigenvalue weighted by atomic mass is 10.2. The highest BCUT2D eigenvalue weighted by atomic mass is 32.1. The monoisotopic (exact) mass is 299 g/mol. The number of hydrogen-bond donors (Lipinski definition) is 1. The van der Waals surface area contributed by atoms with Crippen molar-refractivity contribution in [2.45, 2.75) is 13.8 Å². The summed E-state index contributed by atoms with van der Waals surface area (Å²) < 4.78 is 5.19. The molecule has 2 aromatic heterocycles. The second kappa shape index (κ2) is 5.69. The average Bonchev–Trinajstić information content (AvgIpc) is 2.88. The molecular formula is C16H17N3OS. The van der Waals surface area contributed by atoms with Crippen molar-refractivity contribution in [3.8, 4) is 17.1 Å². The molecule has 0 fully saturated rings. The first-order valence-electron chi connectivity index (χ1n) is 6.87. The predicted octanol–water partition coefficient (Wildman–Crippen LogP) is 4.11. The lowest BCUT2D eigenvalue weighted by molar-refractivity contribution is 0.415. The number of nitrogens with one attached hydrogen (secondary N) is 1. The van der Waals surface area contributed by atoms with Gasteiger partial charge in [0.1, 0.15) is 16.4 Å². The molecule has 0 saturated heterocycles. The van der Waals surface area contributed by atoms with Gasteiger partial charge in [0.2, 0.25) is 0 Å². The number of rotatable bonds is 4. The Morgan fingerprint density at radius 3 is 2.62 bits per heavy atom. The van der Waals surface area contributed by atoms with Crippen molar-refractivity contribution < 1.29 is 4.74 Å². The Morgan fingerprint density at radius 2 is 1.95 bits per heavy atom. The van der Waals surface area contributed by atoms with Gasteiger partial charge in [0, 0.05) is 17.0 Å². The van der Waals surface area contributed by atoms with E-state index in [2.05, 4.69) is 30.2 Å². The summed E-state index contributed by atoms with van der Waals surface area (Å²) in [5.74, 6) is 2.47. The van der Waals surface area contributed by atoms with Gasteiger partial charge >= 0.3 is 0 Å². The van der Waals surface area contributed by atoms with Gasteiger partial charge in [-0.3, -0.25) is 0 Å².